The van der Waals surface area contributed by atoms with Gasteiger partial charge in [-0.2, -0.15) is 5.10 Å². The number of aromatic nitrogens is 2. The molecule has 1 aromatic heterocycles. The highest BCUT2D eigenvalue weighted by molar-refractivity contribution is 7.93. The number of nitrogens with one attached hydrogen (secondary N) is 2. The first kappa shape index (κ1) is 19.2. The number of rotatable bonds is 5. The van der Waals surface area contributed by atoms with Crippen molar-refractivity contribution in [2.45, 2.75) is 9.79 Å². The van der Waals surface area contributed by atoms with Gasteiger partial charge in [-0.25, -0.2) is 16.8 Å². The summed E-state index contributed by atoms with van der Waals surface area (Å²) in [6.45, 7) is 0. The van der Waals surface area contributed by atoms with Crippen LogP contribution in [0.25, 0.3) is 22.2 Å². The molecule has 0 fully saturated rings. The number of benzene rings is 3. The first-order valence-corrected chi connectivity index (χ1v) is 12.0. The first-order valence-electron chi connectivity index (χ1n) is 8.61. The Bertz CT molecular complexity index is 1410. The lowest BCUT2D eigenvalue weighted by molar-refractivity contribution is 0.601. The summed E-state index contributed by atoms with van der Waals surface area (Å²) in [5, 5.41) is 7.85. The third-order valence-electron chi connectivity index (χ3n) is 4.42. The van der Waals surface area contributed by atoms with E-state index in [1.165, 1.54) is 30.3 Å². The lowest BCUT2D eigenvalue weighted by atomic mass is 10.1. The molecule has 0 saturated heterocycles. The van der Waals surface area contributed by atoms with Gasteiger partial charge in [0.15, 0.2) is 9.84 Å². The van der Waals surface area contributed by atoms with Crippen LogP contribution in [-0.4, -0.2) is 33.3 Å². The van der Waals surface area contributed by atoms with Crippen molar-refractivity contribution in [3.05, 3.63) is 72.8 Å². The normalized spacial score (nSPS) is 12.2. The monoisotopic (exact) mass is 427 g/mol. The predicted molar refractivity (Wildman–Crippen MR) is 112 cm³/mol. The Labute approximate surface area is 168 Å². The Morgan fingerprint density at radius 1 is 0.862 bits per heavy atom. The molecule has 0 amide bonds. The number of sulfonamides is 1. The Morgan fingerprint density at radius 2 is 1.55 bits per heavy atom. The second-order valence-electron chi connectivity index (χ2n) is 6.52. The predicted octanol–water partition coefficient (Wildman–Crippen LogP) is 3.43. The fraction of sp³-hybridized carbons (Fsp3) is 0.0500. The zero-order valence-corrected chi connectivity index (χ0v) is 17.0. The number of aromatic amines is 1. The molecule has 0 spiro atoms. The van der Waals surface area contributed by atoms with Gasteiger partial charge in [0.25, 0.3) is 10.0 Å². The van der Waals surface area contributed by atoms with Crippen LogP contribution in [-0.2, 0) is 19.9 Å². The number of sulfone groups is 1. The van der Waals surface area contributed by atoms with Crippen LogP contribution in [0.15, 0.2) is 82.6 Å². The number of hydrogen-bond donors (Lipinski definition) is 2. The molecule has 0 aliphatic carbocycles. The largest absolute Gasteiger partial charge is 0.278 e. The molecule has 0 aliphatic rings. The van der Waals surface area contributed by atoms with E-state index in [1.54, 1.807) is 12.1 Å². The van der Waals surface area contributed by atoms with E-state index < -0.39 is 19.9 Å². The lowest BCUT2D eigenvalue weighted by Crippen LogP contribution is -2.15. The Kier molecular flexibility index (Phi) is 4.64. The van der Waals surface area contributed by atoms with Crippen molar-refractivity contribution < 1.29 is 16.8 Å². The molecule has 0 bridgehead atoms. The molecular formula is C20H17N3O4S2. The molecule has 0 aliphatic heterocycles. The van der Waals surface area contributed by atoms with Crippen LogP contribution < -0.4 is 4.72 Å². The summed E-state index contributed by atoms with van der Waals surface area (Å²) >= 11 is 0. The van der Waals surface area contributed by atoms with Crippen LogP contribution in [0.3, 0.4) is 0 Å². The van der Waals surface area contributed by atoms with Gasteiger partial charge in [0.1, 0.15) is 0 Å². The number of nitrogens with zero attached hydrogens (tertiary/aromatic N) is 1. The third-order valence-corrected chi connectivity index (χ3v) is 6.94. The molecule has 0 atom stereocenters. The minimum Gasteiger partial charge on any atom is -0.278 e. The maximum absolute atomic E-state index is 13.0. The van der Waals surface area contributed by atoms with Crippen molar-refractivity contribution in [1.82, 2.24) is 10.2 Å². The lowest BCUT2D eigenvalue weighted by Gasteiger charge is -2.11. The Morgan fingerprint density at radius 3 is 2.28 bits per heavy atom. The van der Waals surface area contributed by atoms with Crippen molar-refractivity contribution in [1.29, 1.82) is 0 Å². The number of anilines is 1. The Hall–Kier alpha value is -3.17. The van der Waals surface area contributed by atoms with E-state index in [2.05, 4.69) is 14.9 Å². The molecule has 0 radical (unpaired) electrons. The summed E-state index contributed by atoms with van der Waals surface area (Å²) in [5.74, 6) is 0. The average molecular weight is 428 g/mol. The van der Waals surface area contributed by atoms with E-state index in [9.17, 15) is 16.8 Å². The smallest absolute Gasteiger partial charge is 0.261 e. The van der Waals surface area contributed by atoms with E-state index in [0.29, 0.717) is 16.6 Å². The molecule has 4 aromatic rings. The molecule has 3 aromatic carbocycles. The first-order chi connectivity index (χ1) is 13.8. The van der Waals surface area contributed by atoms with E-state index in [1.807, 2.05) is 30.3 Å². The van der Waals surface area contributed by atoms with Crippen LogP contribution in [0.2, 0.25) is 0 Å². The summed E-state index contributed by atoms with van der Waals surface area (Å²) < 4.78 is 52.2. The number of fused-ring (bicyclic) bond motifs is 1. The van der Waals surface area contributed by atoms with Gasteiger partial charge < -0.3 is 0 Å². The van der Waals surface area contributed by atoms with Crippen molar-refractivity contribution in [2.24, 2.45) is 0 Å². The zero-order valence-electron chi connectivity index (χ0n) is 15.3. The fourth-order valence-corrected chi connectivity index (χ4v) is 5.07. The second kappa shape index (κ2) is 7.02. The Balaban J connectivity index is 1.79. The molecule has 0 unspecified atom stereocenters. The molecule has 9 heteroatoms. The molecule has 0 saturated carbocycles. The molecule has 1 heterocycles. The number of para-hydroxylation sites is 1. The van der Waals surface area contributed by atoms with Crippen LogP contribution in [0.4, 0.5) is 5.69 Å². The topological polar surface area (TPSA) is 109 Å². The molecule has 2 N–H and O–H groups in total. The van der Waals surface area contributed by atoms with Gasteiger partial charge in [0.05, 0.1) is 26.7 Å². The van der Waals surface area contributed by atoms with Crippen molar-refractivity contribution in [3.63, 3.8) is 0 Å². The number of hydrogen-bond acceptors (Lipinski definition) is 5. The zero-order chi connectivity index (χ0) is 20.6. The molecule has 29 heavy (non-hydrogen) atoms. The SMILES string of the molecule is CS(=O)(=O)c1ccccc1NS(=O)(=O)c1ccc2[nH]nc(-c3ccccc3)c2c1. The molecule has 7 nitrogen and oxygen atoms in total. The fourth-order valence-electron chi connectivity index (χ4n) is 3.05. The quantitative estimate of drug-likeness (QED) is 0.507. The summed E-state index contributed by atoms with van der Waals surface area (Å²) in [6, 6.07) is 19.9. The van der Waals surface area contributed by atoms with Crippen LogP contribution in [0.5, 0.6) is 0 Å². The summed E-state index contributed by atoms with van der Waals surface area (Å²) in [4.78, 5) is -0.0789. The van der Waals surface area contributed by atoms with E-state index >= 15 is 0 Å². The maximum Gasteiger partial charge on any atom is 0.261 e. The minimum atomic E-state index is -4.02. The van der Waals surface area contributed by atoms with E-state index in [-0.39, 0.29) is 15.5 Å². The van der Waals surface area contributed by atoms with Gasteiger partial charge in [0, 0.05) is 17.2 Å². The minimum absolute atomic E-state index is 0.00516. The van der Waals surface area contributed by atoms with Gasteiger partial charge >= 0.3 is 0 Å². The van der Waals surface area contributed by atoms with Crippen LogP contribution in [0.1, 0.15) is 0 Å². The summed E-state index contributed by atoms with van der Waals surface area (Å²) in [6.07, 6.45) is 1.03. The second-order valence-corrected chi connectivity index (χ2v) is 10.2. The van der Waals surface area contributed by atoms with Gasteiger partial charge in [-0.15, -0.1) is 0 Å². The van der Waals surface area contributed by atoms with Crippen LogP contribution >= 0.6 is 0 Å². The third kappa shape index (κ3) is 3.74. The molecule has 4 rings (SSSR count). The summed E-state index contributed by atoms with van der Waals surface area (Å²) in [5.41, 5.74) is 2.18. The van der Waals surface area contributed by atoms with E-state index in [4.69, 9.17) is 0 Å². The van der Waals surface area contributed by atoms with Crippen molar-refractivity contribution >= 4 is 36.5 Å². The average Bonchev–Trinajstić information content (AvgIpc) is 3.11. The maximum atomic E-state index is 13.0. The molecule has 148 valence electrons. The van der Waals surface area contributed by atoms with Crippen molar-refractivity contribution in [3.8, 4) is 11.3 Å². The van der Waals surface area contributed by atoms with Crippen molar-refractivity contribution in [2.75, 3.05) is 11.0 Å². The van der Waals surface area contributed by atoms with Crippen LogP contribution in [0, 0.1) is 0 Å². The number of H-pyrrole nitrogens is 1. The highest BCUT2D eigenvalue weighted by atomic mass is 32.2. The van der Waals surface area contributed by atoms with Gasteiger partial charge in [-0.05, 0) is 30.3 Å². The molecular weight excluding hydrogens is 410 g/mol. The van der Waals surface area contributed by atoms with Gasteiger partial charge in [-0.1, -0.05) is 42.5 Å². The van der Waals surface area contributed by atoms with E-state index in [0.717, 1.165) is 11.8 Å². The van der Waals surface area contributed by atoms with Gasteiger partial charge in [0.2, 0.25) is 0 Å². The standard InChI is InChI=1S/C20H17N3O4S2/c1-28(24,25)19-10-6-5-9-18(19)23-29(26,27)15-11-12-17-16(13-15)20(22-21-17)14-7-3-2-4-8-14/h2-13,23H,1H3,(H,21,22). The highest BCUT2D eigenvalue weighted by Gasteiger charge is 2.21. The summed E-state index contributed by atoms with van der Waals surface area (Å²) in [7, 11) is -7.62. The van der Waals surface area contributed by atoms with Gasteiger partial charge in [-0.3, -0.25) is 9.82 Å². The highest BCUT2D eigenvalue weighted by Crippen LogP contribution is 2.29.